The number of urea groups is 1. The Balaban J connectivity index is 1.94. The van der Waals surface area contributed by atoms with Crippen molar-refractivity contribution < 1.29 is 24.5 Å². The average molecular weight is 300 g/mol. The van der Waals surface area contributed by atoms with E-state index >= 15 is 0 Å². The zero-order valence-electron chi connectivity index (χ0n) is 12.3. The number of aliphatic hydroxyl groups is 1. The van der Waals surface area contributed by atoms with Crippen LogP contribution < -0.4 is 5.32 Å². The maximum atomic E-state index is 12.3. The van der Waals surface area contributed by atoms with Crippen molar-refractivity contribution in [1.29, 1.82) is 0 Å². The van der Waals surface area contributed by atoms with Gasteiger partial charge in [-0.25, -0.2) is 4.79 Å². The Morgan fingerprint density at radius 3 is 2.62 bits per heavy atom. The summed E-state index contributed by atoms with van der Waals surface area (Å²) in [6, 6.07) is -1.07. The fourth-order valence-electron chi connectivity index (χ4n) is 3.03. The van der Waals surface area contributed by atoms with E-state index in [-0.39, 0.29) is 25.3 Å². The van der Waals surface area contributed by atoms with Crippen LogP contribution >= 0.6 is 0 Å². The predicted octanol–water partition coefficient (Wildman–Crippen LogP) is 0.421. The van der Waals surface area contributed by atoms with Crippen molar-refractivity contribution in [2.24, 2.45) is 5.92 Å². The summed E-state index contributed by atoms with van der Waals surface area (Å²) < 4.78 is 5.18. The SMILES string of the molecule is CN(C(=O)NC1CCCCCC1O)C1COCC1C(=O)O. The number of carboxylic acids is 1. The summed E-state index contributed by atoms with van der Waals surface area (Å²) in [5.74, 6) is -1.65. The molecule has 1 heterocycles. The molecule has 21 heavy (non-hydrogen) atoms. The molecule has 120 valence electrons. The van der Waals surface area contributed by atoms with Crippen molar-refractivity contribution in [3.63, 3.8) is 0 Å². The van der Waals surface area contributed by atoms with Gasteiger partial charge in [0.15, 0.2) is 0 Å². The lowest BCUT2D eigenvalue weighted by Gasteiger charge is -2.30. The Morgan fingerprint density at radius 2 is 1.90 bits per heavy atom. The van der Waals surface area contributed by atoms with Crippen LogP contribution in [-0.2, 0) is 9.53 Å². The van der Waals surface area contributed by atoms with Crippen LogP contribution in [0.1, 0.15) is 32.1 Å². The van der Waals surface area contributed by atoms with Gasteiger partial charge in [-0.05, 0) is 12.8 Å². The van der Waals surface area contributed by atoms with E-state index in [1.54, 1.807) is 7.05 Å². The zero-order chi connectivity index (χ0) is 15.4. The molecule has 0 spiro atoms. The first-order valence-corrected chi connectivity index (χ1v) is 7.52. The van der Waals surface area contributed by atoms with Crippen molar-refractivity contribution in [3.05, 3.63) is 0 Å². The molecule has 0 aromatic carbocycles. The standard InChI is InChI=1S/C14H24N2O5/c1-16(11-8-21-7-9(11)13(18)19)14(20)15-10-5-3-2-4-6-12(10)17/h9-12,17H,2-8H2,1H3,(H,15,20)(H,18,19). The molecule has 1 aliphatic heterocycles. The van der Waals surface area contributed by atoms with E-state index in [1.165, 1.54) is 4.90 Å². The van der Waals surface area contributed by atoms with Gasteiger partial charge in [-0.1, -0.05) is 19.3 Å². The lowest BCUT2D eigenvalue weighted by atomic mass is 10.0. The molecule has 2 aliphatic rings. The van der Waals surface area contributed by atoms with Crippen LogP contribution in [0.15, 0.2) is 0 Å². The fraction of sp³-hybridized carbons (Fsp3) is 0.857. The number of nitrogens with zero attached hydrogens (tertiary/aromatic N) is 1. The third-order valence-corrected chi connectivity index (χ3v) is 4.47. The molecule has 2 fully saturated rings. The Bertz CT molecular complexity index is 390. The minimum absolute atomic E-state index is 0.129. The van der Waals surface area contributed by atoms with E-state index in [9.17, 15) is 14.7 Å². The summed E-state index contributed by atoms with van der Waals surface area (Å²) in [5, 5.41) is 22.0. The molecule has 1 saturated carbocycles. The monoisotopic (exact) mass is 300 g/mol. The number of ether oxygens (including phenoxy) is 1. The van der Waals surface area contributed by atoms with E-state index in [4.69, 9.17) is 9.84 Å². The van der Waals surface area contributed by atoms with Crippen LogP contribution in [0.2, 0.25) is 0 Å². The first-order valence-electron chi connectivity index (χ1n) is 7.52. The number of amides is 2. The van der Waals surface area contributed by atoms with E-state index in [0.717, 1.165) is 25.7 Å². The first kappa shape index (κ1) is 16.0. The summed E-state index contributed by atoms with van der Waals surface area (Å²) in [4.78, 5) is 24.8. The van der Waals surface area contributed by atoms with Crippen molar-refractivity contribution in [2.75, 3.05) is 20.3 Å². The molecular formula is C14H24N2O5. The average Bonchev–Trinajstić information content (AvgIpc) is 2.85. The van der Waals surface area contributed by atoms with Gasteiger partial charge >= 0.3 is 12.0 Å². The topological polar surface area (TPSA) is 99.1 Å². The maximum Gasteiger partial charge on any atom is 0.317 e. The van der Waals surface area contributed by atoms with Crippen LogP contribution in [-0.4, -0.2) is 65.6 Å². The van der Waals surface area contributed by atoms with Gasteiger partial charge in [-0.3, -0.25) is 4.79 Å². The molecule has 1 saturated heterocycles. The third kappa shape index (κ3) is 3.85. The highest BCUT2D eigenvalue weighted by atomic mass is 16.5. The van der Waals surface area contributed by atoms with E-state index in [2.05, 4.69) is 5.32 Å². The molecule has 0 bridgehead atoms. The molecule has 4 atom stereocenters. The van der Waals surface area contributed by atoms with Gasteiger partial charge in [0.25, 0.3) is 0 Å². The molecule has 2 amide bonds. The molecule has 0 radical (unpaired) electrons. The highest BCUT2D eigenvalue weighted by Gasteiger charge is 2.39. The molecule has 3 N–H and O–H groups in total. The normalized spacial score (nSPS) is 33.2. The van der Waals surface area contributed by atoms with Gasteiger partial charge in [0.2, 0.25) is 0 Å². The smallest absolute Gasteiger partial charge is 0.317 e. The lowest BCUT2D eigenvalue weighted by molar-refractivity contribution is -0.142. The fourth-order valence-corrected chi connectivity index (χ4v) is 3.03. The number of aliphatic carboxylic acids is 1. The molecule has 7 nitrogen and oxygen atoms in total. The number of nitrogens with one attached hydrogen (secondary N) is 1. The number of carboxylic acid groups (broad SMARTS) is 1. The Kier molecular flexibility index (Phi) is 5.41. The van der Waals surface area contributed by atoms with Crippen molar-refractivity contribution in [3.8, 4) is 0 Å². The highest BCUT2D eigenvalue weighted by molar-refractivity contribution is 5.77. The van der Waals surface area contributed by atoms with Crippen molar-refractivity contribution in [2.45, 2.75) is 50.3 Å². The molecule has 7 heteroatoms. The maximum absolute atomic E-state index is 12.3. The second kappa shape index (κ2) is 7.09. The lowest BCUT2D eigenvalue weighted by Crippen LogP contribution is -2.53. The van der Waals surface area contributed by atoms with Crippen molar-refractivity contribution >= 4 is 12.0 Å². The highest BCUT2D eigenvalue weighted by Crippen LogP contribution is 2.21. The molecule has 4 unspecified atom stereocenters. The van der Waals surface area contributed by atoms with Gasteiger partial charge in [-0.2, -0.15) is 0 Å². The zero-order valence-corrected chi connectivity index (χ0v) is 12.3. The minimum Gasteiger partial charge on any atom is -0.481 e. The number of hydrogen-bond acceptors (Lipinski definition) is 4. The van der Waals surface area contributed by atoms with Crippen LogP contribution in [0, 0.1) is 5.92 Å². The predicted molar refractivity (Wildman–Crippen MR) is 74.9 cm³/mol. The molecule has 0 aromatic rings. The molecule has 2 rings (SSSR count). The quantitative estimate of drug-likeness (QED) is 0.656. The van der Waals surface area contributed by atoms with Crippen LogP contribution in [0.25, 0.3) is 0 Å². The third-order valence-electron chi connectivity index (χ3n) is 4.47. The second-order valence-electron chi connectivity index (χ2n) is 5.92. The molecule has 0 aromatic heterocycles. The Morgan fingerprint density at radius 1 is 1.19 bits per heavy atom. The number of likely N-dealkylation sites (N-methyl/N-ethyl adjacent to an activating group) is 1. The Labute approximate surface area is 124 Å². The molecule has 1 aliphatic carbocycles. The number of aliphatic hydroxyl groups excluding tert-OH is 1. The largest absolute Gasteiger partial charge is 0.481 e. The summed E-state index contributed by atoms with van der Waals surface area (Å²) in [5.41, 5.74) is 0. The van der Waals surface area contributed by atoms with E-state index in [0.29, 0.717) is 6.42 Å². The Hall–Kier alpha value is -1.34. The molecular weight excluding hydrogens is 276 g/mol. The van der Waals surface area contributed by atoms with Gasteiger partial charge in [0.1, 0.15) is 5.92 Å². The van der Waals surface area contributed by atoms with Gasteiger partial charge in [0.05, 0.1) is 31.4 Å². The summed E-state index contributed by atoms with van der Waals surface area (Å²) in [7, 11) is 1.58. The number of carbonyl (C=O) groups excluding carboxylic acids is 1. The van der Waals surface area contributed by atoms with Gasteiger partial charge < -0.3 is 25.2 Å². The van der Waals surface area contributed by atoms with Gasteiger partial charge in [0, 0.05) is 7.05 Å². The number of hydrogen-bond donors (Lipinski definition) is 3. The van der Waals surface area contributed by atoms with E-state index in [1.807, 2.05) is 0 Å². The van der Waals surface area contributed by atoms with Crippen LogP contribution in [0.3, 0.4) is 0 Å². The van der Waals surface area contributed by atoms with Crippen LogP contribution in [0.5, 0.6) is 0 Å². The number of rotatable bonds is 3. The van der Waals surface area contributed by atoms with Crippen LogP contribution in [0.4, 0.5) is 4.79 Å². The second-order valence-corrected chi connectivity index (χ2v) is 5.92. The first-order chi connectivity index (χ1) is 10.0. The minimum atomic E-state index is -0.952. The summed E-state index contributed by atoms with van der Waals surface area (Å²) in [6.45, 7) is 0.359. The van der Waals surface area contributed by atoms with Crippen molar-refractivity contribution in [1.82, 2.24) is 10.2 Å². The number of carbonyl (C=O) groups is 2. The van der Waals surface area contributed by atoms with E-state index < -0.39 is 24.0 Å². The summed E-state index contributed by atoms with van der Waals surface area (Å²) in [6.07, 6.45) is 3.94. The summed E-state index contributed by atoms with van der Waals surface area (Å²) >= 11 is 0. The van der Waals surface area contributed by atoms with Gasteiger partial charge in [-0.15, -0.1) is 0 Å².